The van der Waals surface area contributed by atoms with Crippen molar-refractivity contribution in [2.75, 3.05) is 10.6 Å². The van der Waals surface area contributed by atoms with E-state index in [4.69, 9.17) is 23.2 Å². The van der Waals surface area contributed by atoms with Gasteiger partial charge < -0.3 is 30.8 Å². The SMILES string of the molecule is O=C1c2cc(N=Nc3c(O)c(C(=O)Nc4ccc(Cl)cc4)cc4ccc5c6cc(F)ccc6[nH]c5c34)ccc2-c2ccc(N=Nc3c(O)c(C(=O)Nc4ccc(Cl)cc4)cc4ccc5c6cc(F)ccc6[nH]c5c34)cc21. The van der Waals surface area contributed by atoms with Crippen molar-refractivity contribution in [2.24, 2.45) is 20.5 Å². The third-order valence-electron chi connectivity index (χ3n) is 13.6. The molecular formula is C59H32Cl2F2N8O5. The summed E-state index contributed by atoms with van der Waals surface area (Å²) < 4.78 is 29.0. The molecule has 0 saturated carbocycles. The number of halogens is 4. The summed E-state index contributed by atoms with van der Waals surface area (Å²) in [4.78, 5) is 48.5. The van der Waals surface area contributed by atoms with Crippen molar-refractivity contribution in [3.8, 4) is 22.6 Å². The fourth-order valence-electron chi connectivity index (χ4n) is 10.0. The molecule has 1 aliphatic rings. The number of anilines is 2. The third-order valence-corrected chi connectivity index (χ3v) is 14.1. The number of amides is 2. The third kappa shape index (κ3) is 7.72. The van der Waals surface area contributed by atoms with Gasteiger partial charge >= 0.3 is 0 Å². The summed E-state index contributed by atoms with van der Waals surface area (Å²) in [5.74, 6) is -3.40. The van der Waals surface area contributed by atoms with Crippen LogP contribution in [0.2, 0.25) is 10.0 Å². The lowest BCUT2D eigenvalue weighted by Gasteiger charge is -2.12. The van der Waals surface area contributed by atoms with E-state index in [0.29, 0.717) is 109 Å². The molecule has 366 valence electrons. The zero-order chi connectivity index (χ0) is 52.1. The highest BCUT2D eigenvalue weighted by atomic mass is 35.5. The maximum absolute atomic E-state index is 14.5. The standard InChI is InChI=1S/C59H32Cl2F2N8O5/c60-29-3-9-33(10-4-29)64-58(75)45-21-27-1-15-39-41-23-31(62)7-19-47(41)66-51(39)49(27)53(56(45)73)70-68-35-13-17-37-38-18-14-36(26-44(38)55(72)43(37)25-35)69-71-54-50-28(2-16-40-42-24-32(63)8-20-48(42)67-52(40)50)22-46(57(54)74)59(76)65-34-11-5-30(61)6-12-34/h1-26,66-67,73-74H,(H,64,75)(H,65,76). The molecule has 17 heteroatoms. The second-order valence-corrected chi connectivity index (χ2v) is 19.0. The lowest BCUT2D eigenvalue weighted by Crippen LogP contribution is -2.12. The van der Waals surface area contributed by atoms with Gasteiger partial charge in [-0.3, -0.25) is 14.4 Å². The van der Waals surface area contributed by atoms with Crippen LogP contribution in [0.5, 0.6) is 11.5 Å². The van der Waals surface area contributed by atoms with E-state index in [0.717, 1.165) is 0 Å². The number of nitrogens with one attached hydrogen (secondary N) is 4. The Morgan fingerprint density at radius 2 is 0.882 bits per heavy atom. The Hall–Kier alpha value is -9.83. The van der Waals surface area contributed by atoms with Crippen LogP contribution in [0.15, 0.2) is 178 Å². The quantitative estimate of drug-likeness (QED) is 0.0822. The van der Waals surface area contributed by atoms with Gasteiger partial charge in [-0.1, -0.05) is 59.6 Å². The van der Waals surface area contributed by atoms with Crippen LogP contribution >= 0.6 is 23.2 Å². The Morgan fingerprint density at radius 1 is 0.461 bits per heavy atom. The monoisotopic (exact) mass is 1040 g/mol. The van der Waals surface area contributed by atoms with Gasteiger partial charge in [-0.2, -0.15) is 10.2 Å². The fourth-order valence-corrected chi connectivity index (χ4v) is 10.3. The average Bonchev–Trinajstić information content (AvgIpc) is 4.09. The highest BCUT2D eigenvalue weighted by Crippen LogP contribution is 2.47. The van der Waals surface area contributed by atoms with E-state index in [1.54, 1.807) is 121 Å². The minimum absolute atomic E-state index is 0.0489. The van der Waals surface area contributed by atoms with E-state index in [1.165, 1.54) is 36.4 Å². The van der Waals surface area contributed by atoms with Crippen LogP contribution in [-0.4, -0.2) is 37.8 Å². The van der Waals surface area contributed by atoms with Gasteiger partial charge in [-0.05, 0) is 143 Å². The first kappa shape index (κ1) is 46.0. The van der Waals surface area contributed by atoms with Gasteiger partial charge in [0.2, 0.25) is 0 Å². The Bertz CT molecular complexity index is 4320. The number of benzene rings is 10. The number of phenols is 2. The zero-order valence-electron chi connectivity index (χ0n) is 38.9. The van der Waals surface area contributed by atoms with Crippen molar-refractivity contribution in [3.05, 3.63) is 202 Å². The molecule has 0 fully saturated rings. The van der Waals surface area contributed by atoms with E-state index in [-0.39, 0.29) is 39.7 Å². The van der Waals surface area contributed by atoms with Crippen molar-refractivity contribution < 1.29 is 33.4 Å². The van der Waals surface area contributed by atoms with Crippen molar-refractivity contribution in [2.45, 2.75) is 0 Å². The summed E-state index contributed by atoms with van der Waals surface area (Å²) in [7, 11) is 0. The van der Waals surface area contributed by atoms with E-state index in [2.05, 4.69) is 41.1 Å². The molecule has 2 heterocycles. The number of azo groups is 2. The van der Waals surface area contributed by atoms with Gasteiger partial charge in [-0.25, -0.2) is 8.78 Å². The molecule has 1 aliphatic carbocycles. The van der Waals surface area contributed by atoms with Gasteiger partial charge in [0.1, 0.15) is 23.0 Å². The number of hydrogen-bond acceptors (Lipinski definition) is 9. The number of nitrogens with zero attached hydrogens (tertiary/aromatic N) is 4. The molecule has 6 N–H and O–H groups in total. The predicted molar refractivity (Wildman–Crippen MR) is 292 cm³/mol. The van der Waals surface area contributed by atoms with Crippen LogP contribution in [0.1, 0.15) is 36.6 Å². The van der Waals surface area contributed by atoms with Gasteiger partial charge in [0.15, 0.2) is 17.3 Å². The number of aromatic hydroxyl groups is 2. The largest absolute Gasteiger partial charge is 0.505 e. The molecular weight excluding hydrogens is 1010 g/mol. The van der Waals surface area contributed by atoms with Gasteiger partial charge in [-0.15, -0.1) is 10.2 Å². The van der Waals surface area contributed by atoms with Crippen LogP contribution in [0, 0.1) is 11.6 Å². The van der Waals surface area contributed by atoms with Gasteiger partial charge in [0.05, 0.1) is 33.5 Å². The number of fused-ring (bicyclic) bond motifs is 13. The number of phenolic OH excluding ortho intramolecular Hbond substituents is 2. The molecule has 0 spiro atoms. The fraction of sp³-hybridized carbons (Fsp3) is 0. The van der Waals surface area contributed by atoms with Crippen LogP contribution in [-0.2, 0) is 0 Å². The predicted octanol–water partition coefficient (Wildman–Crippen LogP) is 16.8. The van der Waals surface area contributed by atoms with Crippen LogP contribution in [0.25, 0.3) is 76.3 Å². The molecule has 76 heavy (non-hydrogen) atoms. The molecule has 10 aromatic carbocycles. The molecule has 13 nitrogen and oxygen atoms in total. The lowest BCUT2D eigenvalue weighted by molar-refractivity contribution is 0.101. The summed E-state index contributed by atoms with van der Waals surface area (Å²) in [6.45, 7) is 0. The Kier molecular flexibility index (Phi) is 10.7. The normalized spacial score (nSPS) is 12.3. The summed E-state index contributed by atoms with van der Waals surface area (Å²) in [5.41, 5.74) is 5.27. The van der Waals surface area contributed by atoms with Crippen molar-refractivity contribution in [3.63, 3.8) is 0 Å². The Morgan fingerprint density at radius 3 is 1.30 bits per heavy atom. The summed E-state index contributed by atoms with van der Waals surface area (Å²) >= 11 is 12.1. The van der Waals surface area contributed by atoms with Crippen molar-refractivity contribution in [1.29, 1.82) is 0 Å². The minimum Gasteiger partial charge on any atom is -0.505 e. The molecule has 0 unspecified atom stereocenters. The molecule has 0 atom stereocenters. The number of aromatic nitrogens is 2. The van der Waals surface area contributed by atoms with Gasteiger partial charge in [0.25, 0.3) is 11.8 Å². The first-order chi connectivity index (χ1) is 36.8. The molecule has 2 amide bonds. The average molecular weight is 1040 g/mol. The summed E-state index contributed by atoms with van der Waals surface area (Å²) in [6, 6.07) is 41.8. The number of H-pyrrole nitrogens is 2. The van der Waals surface area contributed by atoms with Crippen LogP contribution in [0.3, 0.4) is 0 Å². The first-order valence-electron chi connectivity index (χ1n) is 23.4. The van der Waals surface area contributed by atoms with E-state index < -0.39 is 34.9 Å². The van der Waals surface area contributed by atoms with Crippen molar-refractivity contribution >= 4 is 140 Å². The molecule has 12 aromatic rings. The smallest absolute Gasteiger partial charge is 0.259 e. The number of rotatable bonds is 8. The molecule has 0 aliphatic heterocycles. The van der Waals surface area contributed by atoms with E-state index >= 15 is 0 Å². The van der Waals surface area contributed by atoms with E-state index in [1.807, 2.05) is 0 Å². The van der Waals surface area contributed by atoms with E-state index in [9.17, 15) is 33.4 Å². The lowest BCUT2D eigenvalue weighted by atomic mass is 10.00. The van der Waals surface area contributed by atoms with Crippen LogP contribution in [0.4, 0.5) is 42.9 Å². The second-order valence-electron chi connectivity index (χ2n) is 18.2. The second kappa shape index (κ2) is 17.7. The zero-order valence-corrected chi connectivity index (χ0v) is 40.4. The number of carbonyl (C=O) groups is 3. The number of ketones is 1. The minimum atomic E-state index is -0.627. The Labute approximate surface area is 436 Å². The molecule has 0 radical (unpaired) electrons. The number of hydrogen-bond donors (Lipinski definition) is 6. The molecule has 0 bridgehead atoms. The topological polar surface area (TPSA) is 197 Å². The summed E-state index contributed by atoms with van der Waals surface area (Å²) in [5, 5.41) is 52.9. The first-order valence-corrected chi connectivity index (χ1v) is 24.2. The Balaban J connectivity index is 0.862. The highest BCUT2D eigenvalue weighted by Gasteiger charge is 2.29. The number of aromatic amines is 2. The molecule has 0 saturated heterocycles. The molecule has 13 rings (SSSR count). The highest BCUT2D eigenvalue weighted by molar-refractivity contribution is 6.31. The van der Waals surface area contributed by atoms with Crippen molar-refractivity contribution in [1.82, 2.24) is 9.97 Å². The maximum Gasteiger partial charge on any atom is 0.259 e. The summed E-state index contributed by atoms with van der Waals surface area (Å²) in [6.07, 6.45) is 0. The van der Waals surface area contributed by atoms with Gasteiger partial charge in [0, 0.05) is 75.9 Å². The number of carbonyl (C=O) groups excluding carboxylic acids is 3. The maximum atomic E-state index is 14.5. The molecule has 2 aromatic heterocycles. The van der Waals surface area contributed by atoms with Crippen LogP contribution < -0.4 is 10.6 Å².